The summed E-state index contributed by atoms with van der Waals surface area (Å²) in [5, 5.41) is 4.90. The smallest absolute Gasteiger partial charge is 0.143 e. The Labute approximate surface area is 140 Å². The predicted octanol–water partition coefficient (Wildman–Crippen LogP) is 6.71. The summed E-state index contributed by atoms with van der Waals surface area (Å²) in [6.07, 6.45) is 0. The van der Waals surface area contributed by atoms with Crippen molar-refractivity contribution >= 4 is 32.7 Å². The van der Waals surface area contributed by atoms with E-state index in [1.807, 2.05) is 6.07 Å². The molecular formula is C23H16O. The van der Waals surface area contributed by atoms with E-state index in [1.165, 1.54) is 32.7 Å². The molecule has 4 aromatic carbocycles. The zero-order valence-electron chi connectivity index (χ0n) is 13.4. The topological polar surface area (TPSA) is 13.1 Å². The van der Waals surface area contributed by atoms with Crippen LogP contribution in [0.1, 0.15) is 5.56 Å². The average molecular weight is 308 g/mol. The average Bonchev–Trinajstić information content (AvgIpc) is 3.01. The molecule has 0 saturated carbocycles. The molecule has 1 nitrogen and oxygen atoms in total. The summed E-state index contributed by atoms with van der Waals surface area (Å²) in [6, 6.07) is 27.7. The molecule has 0 spiro atoms. The first kappa shape index (κ1) is 13.4. The van der Waals surface area contributed by atoms with Gasteiger partial charge in [0.05, 0.1) is 0 Å². The second-order valence-electron chi connectivity index (χ2n) is 6.32. The summed E-state index contributed by atoms with van der Waals surface area (Å²) in [6.45, 7) is 2.13. The van der Waals surface area contributed by atoms with Crippen molar-refractivity contribution in [3.8, 4) is 11.1 Å². The van der Waals surface area contributed by atoms with E-state index in [0.29, 0.717) is 0 Å². The Morgan fingerprint density at radius 2 is 1.50 bits per heavy atom. The van der Waals surface area contributed by atoms with Gasteiger partial charge in [0, 0.05) is 16.3 Å². The molecular weight excluding hydrogens is 292 g/mol. The van der Waals surface area contributed by atoms with Crippen molar-refractivity contribution in [3.05, 3.63) is 84.4 Å². The molecule has 24 heavy (non-hydrogen) atoms. The zero-order chi connectivity index (χ0) is 16.1. The molecule has 0 aliphatic heterocycles. The molecule has 114 valence electrons. The Kier molecular flexibility index (Phi) is 2.77. The first-order valence-electron chi connectivity index (χ1n) is 8.21. The summed E-state index contributed by atoms with van der Waals surface area (Å²) < 4.78 is 6.30. The minimum absolute atomic E-state index is 0.948. The minimum atomic E-state index is 0.948. The first-order chi connectivity index (χ1) is 11.8. The summed E-state index contributed by atoms with van der Waals surface area (Å²) in [4.78, 5) is 0. The quantitative estimate of drug-likeness (QED) is 0.335. The van der Waals surface area contributed by atoms with E-state index in [4.69, 9.17) is 4.42 Å². The fourth-order valence-electron chi connectivity index (χ4n) is 3.57. The molecule has 5 rings (SSSR count). The Morgan fingerprint density at radius 3 is 2.38 bits per heavy atom. The van der Waals surface area contributed by atoms with Crippen molar-refractivity contribution in [1.82, 2.24) is 0 Å². The van der Waals surface area contributed by atoms with E-state index in [0.717, 1.165) is 16.7 Å². The van der Waals surface area contributed by atoms with E-state index in [-0.39, 0.29) is 0 Å². The molecule has 1 aromatic heterocycles. The van der Waals surface area contributed by atoms with E-state index in [2.05, 4.69) is 79.7 Å². The lowest BCUT2D eigenvalue weighted by Crippen LogP contribution is -1.81. The predicted molar refractivity (Wildman–Crippen MR) is 101 cm³/mol. The standard InChI is InChI=1S/C23H16O/c1-15-11-12-21-20(13-15)22-18-10-6-5-9-17(18)14-19(23(22)24-21)16-7-3-2-4-8-16/h2-14H,1H3. The van der Waals surface area contributed by atoms with Gasteiger partial charge in [0.25, 0.3) is 0 Å². The number of hydrogen-bond acceptors (Lipinski definition) is 1. The molecule has 0 bridgehead atoms. The molecule has 0 saturated heterocycles. The van der Waals surface area contributed by atoms with Crippen molar-refractivity contribution in [1.29, 1.82) is 0 Å². The highest BCUT2D eigenvalue weighted by Crippen LogP contribution is 2.40. The van der Waals surface area contributed by atoms with Gasteiger partial charge in [0.1, 0.15) is 11.2 Å². The van der Waals surface area contributed by atoms with Gasteiger partial charge in [-0.05, 0) is 41.5 Å². The van der Waals surface area contributed by atoms with Crippen LogP contribution in [-0.2, 0) is 0 Å². The molecule has 0 N–H and O–H groups in total. The van der Waals surface area contributed by atoms with Gasteiger partial charge < -0.3 is 4.42 Å². The number of rotatable bonds is 1. The third kappa shape index (κ3) is 1.88. The van der Waals surface area contributed by atoms with Crippen molar-refractivity contribution in [2.24, 2.45) is 0 Å². The summed E-state index contributed by atoms with van der Waals surface area (Å²) in [5.74, 6) is 0. The summed E-state index contributed by atoms with van der Waals surface area (Å²) >= 11 is 0. The largest absolute Gasteiger partial charge is 0.455 e. The van der Waals surface area contributed by atoms with Crippen LogP contribution in [-0.4, -0.2) is 0 Å². The van der Waals surface area contributed by atoms with Gasteiger partial charge in [-0.15, -0.1) is 0 Å². The number of benzene rings is 4. The Bertz CT molecular complexity index is 1200. The number of hydrogen-bond donors (Lipinski definition) is 0. The monoisotopic (exact) mass is 308 g/mol. The van der Waals surface area contributed by atoms with Crippen LogP contribution in [0.25, 0.3) is 43.8 Å². The number of fused-ring (bicyclic) bond motifs is 5. The maximum atomic E-state index is 6.30. The normalized spacial score (nSPS) is 11.5. The van der Waals surface area contributed by atoms with Gasteiger partial charge in [-0.2, -0.15) is 0 Å². The van der Waals surface area contributed by atoms with Crippen LogP contribution in [0.15, 0.2) is 83.3 Å². The van der Waals surface area contributed by atoms with Crippen molar-refractivity contribution in [2.45, 2.75) is 6.92 Å². The lowest BCUT2D eigenvalue weighted by molar-refractivity contribution is 0.670. The van der Waals surface area contributed by atoms with Crippen LogP contribution in [0.4, 0.5) is 0 Å². The molecule has 0 unspecified atom stereocenters. The SMILES string of the molecule is Cc1ccc2oc3c(-c4ccccc4)cc4ccccc4c3c2c1. The van der Waals surface area contributed by atoms with Crippen LogP contribution < -0.4 is 0 Å². The van der Waals surface area contributed by atoms with Gasteiger partial charge in [0.2, 0.25) is 0 Å². The van der Waals surface area contributed by atoms with Crippen molar-refractivity contribution in [2.75, 3.05) is 0 Å². The molecule has 0 aliphatic rings. The maximum Gasteiger partial charge on any atom is 0.143 e. The summed E-state index contributed by atoms with van der Waals surface area (Å²) in [5.41, 5.74) is 5.51. The molecule has 1 heteroatoms. The highest BCUT2D eigenvalue weighted by atomic mass is 16.3. The van der Waals surface area contributed by atoms with Gasteiger partial charge in [-0.1, -0.05) is 66.2 Å². The van der Waals surface area contributed by atoms with Gasteiger partial charge in [0.15, 0.2) is 0 Å². The molecule has 0 aliphatic carbocycles. The van der Waals surface area contributed by atoms with Crippen molar-refractivity contribution in [3.63, 3.8) is 0 Å². The third-order valence-corrected chi connectivity index (χ3v) is 4.70. The molecule has 0 radical (unpaired) electrons. The van der Waals surface area contributed by atoms with E-state index in [1.54, 1.807) is 0 Å². The summed E-state index contributed by atoms with van der Waals surface area (Å²) in [7, 11) is 0. The second-order valence-corrected chi connectivity index (χ2v) is 6.32. The van der Waals surface area contributed by atoms with Gasteiger partial charge >= 0.3 is 0 Å². The Morgan fingerprint density at radius 1 is 0.708 bits per heavy atom. The fraction of sp³-hybridized carbons (Fsp3) is 0.0435. The van der Waals surface area contributed by atoms with Crippen molar-refractivity contribution < 1.29 is 4.42 Å². The Balaban J connectivity index is 2.05. The van der Waals surface area contributed by atoms with Crippen LogP contribution in [0.2, 0.25) is 0 Å². The minimum Gasteiger partial charge on any atom is -0.455 e. The molecule has 1 heterocycles. The van der Waals surface area contributed by atoms with Gasteiger partial charge in [-0.25, -0.2) is 0 Å². The maximum absolute atomic E-state index is 6.30. The van der Waals surface area contributed by atoms with Crippen LogP contribution >= 0.6 is 0 Å². The number of furan rings is 1. The molecule has 0 fully saturated rings. The van der Waals surface area contributed by atoms with Crippen LogP contribution in [0.3, 0.4) is 0 Å². The lowest BCUT2D eigenvalue weighted by Gasteiger charge is -2.06. The fourth-order valence-corrected chi connectivity index (χ4v) is 3.57. The zero-order valence-corrected chi connectivity index (χ0v) is 13.4. The van der Waals surface area contributed by atoms with Crippen LogP contribution in [0.5, 0.6) is 0 Å². The molecule has 0 amide bonds. The lowest BCUT2D eigenvalue weighted by atomic mass is 9.96. The second kappa shape index (κ2) is 4.97. The number of aryl methyl sites for hydroxylation is 1. The molecule has 0 atom stereocenters. The van der Waals surface area contributed by atoms with E-state index in [9.17, 15) is 0 Å². The van der Waals surface area contributed by atoms with E-state index >= 15 is 0 Å². The highest BCUT2D eigenvalue weighted by molar-refractivity contribution is 6.22. The third-order valence-electron chi connectivity index (χ3n) is 4.70. The van der Waals surface area contributed by atoms with Gasteiger partial charge in [-0.3, -0.25) is 0 Å². The van der Waals surface area contributed by atoms with Crippen LogP contribution in [0, 0.1) is 6.92 Å². The van der Waals surface area contributed by atoms with E-state index < -0.39 is 0 Å². The molecule has 5 aromatic rings. The Hall–Kier alpha value is -3.06. The highest BCUT2D eigenvalue weighted by Gasteiger charge is 2.15. The first-order valence-corrected chi connectivity index (χ1v) is 8.21.